The lowest BCUT2D eigenvalue weighted by Gasteiger charge is -2.06. The minimum absolute atomic E-state index is 0.0788. The lowest BCUT2D eigenvalue weighted by atomic mass is 10.2. The van der Waals surface area contributed by atoms with Crippen LogP contribution in [0.4, 0.5) is 5.82 Å². The molecular weight excluding hydrogens is 340 g/mol. The van der Waals surface area contributed by atoms with Crippen LogP contribution >= 0.6 is 0 Å². The molecule has 0 fully saturated rings. The number of ether oxygens (including phenoxy) is 1. The molecule has 0 aliphatic rings. The average Bonchev–Trinajstić information content (AvgIpc) is 3.02. The quantitative estimate of drug-likeness (QED) is 0.585. The zero-order valence-electron chi connectivity index (χ0n) is 15.3. The normalized spacial score (nSPS) is 11.0. The summed E-state index contributed by atoms with van der Waals surface area (Å²) < 4.78 is 7.34. The van der Waals surface area contributed by atoms with Crippen molar-refractivity contribution >= 4 is 33.7 Å². The third kappa shape index (κ3) is 3.46. The number of nitrogens with zero attached hydrogens (tertiary/aromatic N) is 3. The zero-order chi connectivity index (χ0) is 18.8. The van der Waals surface area contributed by atoms with Crippen molar-refractivity contribution in [1.82, 2.24) is 14.8 Å². The van der Waals surface area contributed by atoms with Crippen molar-refractivity contribution in [3.8, 4) is 5.75 Å². The summed E-state index contributed by atoms with van der Waals surface area (Å²) in [5.41, 5.74) is 2.80. The van der Waals surface area contributed by atoms with Gasteiger partial charge in [-0.05, 0) is 38.1 Å². The van der Waals surface area contributed by atoms with Crippen LogP contribution in [0.1, 0.15) is 12.5 Å². The number of carbonyl (C=O) groups is 1. The molecule has 2 heterocycles. The van der Waals surface area contributed by atoms with Crippen molar-refractivity contribution in [2.45, 2.75) is 20.4 Å². The number of aryl methyl sites for hydroxylation is 2. The number of aromatic nitrogens is 3. The van der Waals surface area contributed by atoms with Gasteiger partial charge in [-0.25, -0.2) is 9.67 Å². The molecule has 0 radical (unpaired) electrons. The lowest BCUT2D eigenvalue weighted by molar-refractivity contribution is -0.118. The maximum Gasteiger partial charge on any atom is 0.263 e. The van der Waals surface area contributed by atoms with Crippen molar-refractivity contribution < 1.29 is 9.53 Å². The van der Waals surface area contributed by atoms with E-state index in [1.54, 1.807) is 4.68 Å². The van der Waals surface area contributed by atoms with E-state index in [4.69, 9.17) is 9.72 Å². The first-order chi connectivity index (χ1) is 13.1. The molecule has 0 unspecified atom stereocenters. The standard InChI is InChI=1S/C21H20N4O2/c1-3-25-21-17(12-15-6-4-5-7-18(15)22-21)20(24-25)23-19(26)13-27-16-10-8-14(2)9-11-16/h4-12H,3,13H2,1-2H3,(H,23,24,26). The molecule has 4 aromatic rings. The van der Waals surface area contributed by atoms with Gasteiger partial charge in [-0.2, -0.15) is 5.10 Å². The molecule has 0 spiro atoms. The van der Waals surface area contributed by atoms with E-state index in [1.165, 1.54) is 0 Å². The topological polar surface area (TPSA) is 69.0 Å². The Kier molecular flexibility index (Phi) is 4.46. The van der Waals surface area contributed by atoms with Crippen LogP contribution in [0, 0.1) is 6.92 Å². The second-order valence-corrected chi connectivity index (χ2v) is 6.37. The number of anilines is 1. The molecular formula is C21H20N4O2. The van der Waals surface area contributed by atoms with Crippen molar-refractivity contribution in [2.24, 2.45) is 0 Å². The number of amides is 1. The van der Waals surface area contributed by atoms with Gasteiger partial charge in [0.05, 0.1) is 10.9 Å². The van der Waals surface area contributed by atoms with E-state index in [9.17, 15) is 4.79 Å². The number of nitrogens with one attached hydrogen (secondary N) is 1. The molecule has 2 aromatic heterocycles. The fourth-order valence-electron chi connectivity index (χ4n) is 2.96. The van der Waals surface area contributed by atoms with Crippen LogP contribution < -0.4 is 10.1 Å². The largest absolute Gasteiger partial charge is 0.484 e. The van der Waals surface area contributed by atoms with Gasteiger partial charge in [0, 0.05) is 11.9 Å². The molecule has 0 aliphatic carbocycles. The second-order valence-electron chi connectivity index (χ2n) is 6.37. The molecule has 0 saturated carbocycles. The van der Waals surface area contributed by atoms with E-state index in [0.717, 1.165) is 27.5 Å². The molecule has 0 atom stereocenters. The van der Waals surface area contributed by atoms with Gasteiger partial charge in [0.2, 0.25) is 0 Å². The van der Waals surface area contributed by atoms with Crippen LogP contribution in [-0.2, 0) is 11.3 Å². The minimum Gasteiger partial charge on any atom is -0.484 e. The number of fused-ring (bicyclic) bond motifs is 2. The summed E-state index contributed by atoms with van der Waals surface area (Å²) in [5, 5.41) is 9.18. The lowest BCUT2D eigenvalue weighted by Crippen LogP contribution is -2.20. The maximum absolute atomic E-state index is 12.4. The molecule has 2 aromatic carbocycles. The number of benzene rings is 2. The maximum atomic E-state index is 12.4. The Morgan fingerprint density at radius 1 is 1.15 bits per heavy atom. The van der Waals surface area contributed by atoms with Gasteiger partial charge in [0.1, 0.15) is 5.75 Å². The molecule has 1 amide bonds. The zero-order valence-corrected chi connectivity index (χ0v) is 15.3. The summed E-state index contributed by atoms with van der Waals surface area (Å²) in [6.45, 7) is 4.58. The first-order valence-corrected chi connectivity index (χ1v) is 8.89. The van der Waals surface area contributed by atoms with E-state index < -0.39 is 0 Å². The van der Waals surface area contributed by atoms with Crippen LogP contribution in [-0.4, -0.2) is 27.3 Å². The molecule has 1 N–H and O–H groups in total. The highest BCUT2D eigenvalue weighted by Crippen LogP contribution is 2.25. The Morgan fingerprint density at radius 2 is 1.93 bits per heavy atom. The highest BCUT2D eigenvalue weighted by molar-refractivity contribution is 6.03. The molecule has 136 valence electrons. The summed E-state index contributed by atoms with van der Waals surface area (Å²) in [6, 6.07) is 17.5. The first-order valence-electron chi connectivity index (χ1n) is 8.89. The summed E-state index contributed by atoms with van der Waals surface area (Å²) in [5.74, 6) is 0.904. The highest BCUT2D eigenvalue weighted by Gasteiger charge is 2.15. The van der Waals surface area contributed by atoms with Crippen molar-refractivity contribution in [3.63, 3.8) is 0 Å². The Hall–Kier alpha value is -3.41. The second kappa shape index (κ2) is 7.07. The molecule has 0 bridgehead atoms. The molecule has 6 heteroatoms. The van der Waals surface area contributed by atoms with Gasteiger partial charge >= 0.3 is 0 Å². The summed E-state index contributed by atoms with van der Waals surface area (Å²) >= 11 is 0. The number of rotatable bonds is 5. The van der Waals surface area contributed by atoms with Crippen LogP contribution in [0.3, 0.4) is 0 Å². The summed E-state index contributed by atoms with van der Waals surface area (Å²) in [6.07, 6.45) is 0. The molecule has 6 nitrogen and oxygen atoms in total. The Labute approximate surface area is 156 Å². The monoisotopic (exact) mass is 360 g/mol. The predicted molar refractivity (Wildman–Crippen MR) is 106 cm³/mol. The molecule has 0 saturated heterocycles. The van der Waals surface area contributed by atoms with E-state index in [1.807, 2.05) is 68.4 Å². The number of hydrogen-bond donors (Lipinski definition) is 1. The Balaban J connectivity index is 1.58. The predicted octanol–water partition coefficient (Wildman–Crippen LogP) is 3.93. The summed E-state index contributed by atoms with van der Waals surface area (Å²) in [4.78, 5) is 17.0. The smallest absolute Gasteiger partial charge is 0.263 e. The van der Waals surface area contributed by atoms with Gasteiger partial charge in [-0.15, -0.1) is 0 Å². The van der Waals surface area contributed by atoms with Crippen molar-refractivity contribution in [1.29, 1.82) is 0 Å². The Bertz CT molecular complexity index is 1120. The fraction of sp³-hybridized carbons (Fsp3) is 0.190. The number of para-hydroxylation sites is 1. The Morgan fingerprint density at radius 3 is 2.70 bits per heavy atom. The highest BCUT2D eigenvalue weighted by atomic mass is 16.5. The van der Waals surface area contributed by atoms with Gasteiger partial charge < -0.3 is 10.1 Å². The van der Waals surface area contributed by atoms with Crippen LogP contribution in [0.15, 0.2) is 54.6 Å². The van der Waals surface area contributed by atoms with Crippen LogP contribution in [0.25, 0.3) is 21.9 Å². The van der Waals surface area contributed by atoms with E-state index in [2.05, 4.69) is 10.4 Å². The SMILES string of the molecule is CCn1nc(NC(=O)COc2ccc(C)cc2)c2cc3ccccc3nc21. The van der Waals surface area contributed by atoms with Crippen molar-refractivity contribution in [2.75, 3.05) is 11.9 Å². The minimum atomic E-state index is -0.258. The number of hydrogen-bond acceptors (Lipinski definition) is 4. The first kappa shape index (κ1) is 17.0. The third-order valence-corrected chi connectivity index (χ3v) is 4.37. The van der Waals surface area contributed by atoms with Crippen LogP contribution in [0.2, 0.25) is 0 Å². The summed E-state index contributed by atoms with van der Waals surface area (Å²) in [7, 11) is 0. The van der Waals surface area contributed by atoms with Crippen molar-refractivity contribution in [3.05, 3.63) is 60.2 Å². The molecule has 0 aliphatic heterocycles. The number of carbonyl (C=O) groups excluding carboxylic acids is 1. The third-order valence-electron chi connectivity index (χ3n) is 4.37. The van der Waals surface area contributed by atoms with Gasteiger partial charge in [-0.3, -0.25) is 4.79 Å². The van der Waals surface area contributed by atoms with E-state index >= 15 is 0 Å². The van der Waals surface area contributed by atoms with E-state index in [0.29, 0.717) is 18.1 Å². The molecule has 27 heavy (non-hydrogen) atoms. The van der Waals surface area contributed by atoms with Gasteiger partial charge in [0.25, 0.3) is 5.91 Å². The average molecular weight is 360 g/mol. The van der Waals surface area contributed by atoms with Crippen LogP contribution in [0.5, 0.6) is 5.75 Å². The van der Waals surface area contributed by atoms with Gasteiger partial charge in [0.15, 0.2) is 18.1 Å². The van der Waals surface area contributed by atoms with E-state index in [-0.39, 0.29) is 12.5 Å². The number of pyridine rings is 1. The van der Waals surface area contributed by atoms with Gasteiger partial charge in [-0.1, -0.05) is 35.9 Å². The molecule has 4 rings (SSSR count). The fourth-order valence-corrected chi connectivity index (χ4v) is 2.96.